The molecule has 3 heteroatoms. The molecule has 1 aromatic rings. The number of hydrogen-bond donors (Lipinski definition) is 1. The van der Waals surface area contributed by atoms with Crippen LogP contribution >= 0.6 is 0 Å². The van der Waals surface area contributed by atoms with Crippen LogP contribution in [-0.4, -0.2) is 11.0 Å². The van der Waals surface area contributed by atoms with E-state index in [1.165, 1.54) is 6.07 Å². The van der Waals surface area contributed by atoms with Crippen LogP contribution < -0.4 is 5.73 Å². The third kappa shape index (κ3) is 1.12. The first kappa shape index (κ1) is 6.73. The molecule has 2 atom stereocenters. The first-order chi connectivity index (χ1) is 5.29. The van der Waals surface area contributed by atoms with Gasteiger partial charge in [-0.2, -0.15) is 0 Å². The van der Waals surface area contributed by atoms with Gasteiger partial charge in [-0.15, -0.1) is 0 Å². The quantitative estimate of drug-likeness (QED) is 0.652. The number of nitrogens with zero attached hydrogens (tertiary/aromatic N) is 1. The minimum absolute atomic E-state index is 0.124. The summed E-state index contributed by atoms with van der Waals surface area (Å²) in [4.78, 5) is 3.94. The van der Waals surface area contributed by atoms with E-state index in [1.54, 1.807) is 12.3 Å². The van der Waals surface area contributed by atoms with Crippen molar-refractivity contribution in [3.05, 3.63) is 29.8 Å². The molecule has 2 nitrogen and oxygen atoms in total. The number of hydrogen-bond acceptors (Lipinski definition) is 2. The molecule has 0 amide bonds. The fourth-order valence-electron chi connectivity index (χ4n) is 1.20. The Labute approximate surface area is 64.2 Å². The predicted molar refractivity (Wildman–Crippen MR) is 39.5 cm³/mol. The Morgan fingerprint density at radius 1 is 1.64 bits per heavy atom. The Morgan fingerprint density at radius 3 is 2.91 bits per heavy atom. The Balaban J connectivity index is 2.31. The molecule has 0 radical (unpaired) electrons. The summed E-state index contributed by atoms with van der Waals surface area (Å²) in [5.41, 5.74) is 6.09. The first-order valence-electron chi connectivity index (χ1n) is 3.65. The van der Waals surface area contributed by atoms with Gasteiger partial charge < -0.3 is 5.73 Å². The Bertz CT molecular complexity index is 275. The van der Waals surface area contributed by atoms with E-state index in [0.717, 1.165) is 6.42 Å². The summed E-state index contributed by atoms with van der Waals surface area (Å²) in [6, 6.07) is 3.14. The van der Waals surface area contributed by atoms with Crippen LogP contribution in [0, 0.1) is 5.82 Å². The lowest BCUT2D eigenvalue weighted by Gasteiger charge is -1.97. The summed E-state index contributed by atoms with van der Waals surface area (Å²) in [7, 11) is 0. The van der Waals surface area contributed by atoms with Crippen LogP contribution in [0.3, 0.4) is 0 Å². The van der Waals surface area contributed by atoms with Gasteiger partial charge in [-0.05, 0) is 18.6 Å². The Kier molecular flexibility index (Phi) is 1.39. The molecule has 2 unspecified atom stereocenters. The molecule has 0 aliphatic heterocycles. The standard InChI is InChI=1S/C8H9FN2/c9-6-2-1-3-11-8(6)5-4-7(5)10/h1-3,5,7H,4,10H2. The molecular formula is C8H9FN2. The Hall–Kier alpha value is -0.960. The molecule has 1 aliphatic rings. The molecule has 1 fully saturated rings. The van der Waals surface area contributed by atoms with E-state index in [2.05, 4.69) is 4.98 Å². The minimum atomic E-state index is -0.231. The van der Waals surface area contributed by atoms with E-state index >= 15 is 0 Å². The lowest BCUT2D eigenvalue weighted by Crippen LogP contribution is -2.03. The third-order valence-corrected chi connectivity index (χ3v) is 1.98. The molecule has 0 aromatic carbocycles. The van der Waals surface area contributed by atoms with Crippen LogP contribution in [-0.2, 0) is 0 Å². The molecular weight excluding hydrogens is 143 g/mol. The van der Waals surface area contributed by atoms with Gasteiger partial charge in [0.05, 0.1) is 5.69 Å². The molecule has 1 heterocycles. The first-order valence-corrected chi connectivity index (χ1v) is 3.65. The molecule has 0 saturated heterocycles. The van der Waals surface area contributed by atoms with Crippen LogP contribution in [0.15, 0.2) is 18.3 Å². The maximum atomic E-state index is 12.9. The smallest absolute Gasteiger partial charge is 0.145 e. The van der Waals surface area contributed by atoms with Crippen LogP contribution in [0.4, 0.5) is 4.39 Å². The summed E-state index contributed by atoms with van der Waals surface area (Å²) in [5.74, 6) is -0.0679. The molecule has 1 saturated carbocycles. The van der Waals surface area contributed by atoms with Gasteiger partial charge in [-0.25, -0.2) is 4.39 Å². The van der Waals surface area contributed by atoms with Crippen LogP contribution in [0.25, 0.3) is 0 Å². The maximum Gasteiger partial charge on any atom is 0.145 e. The van der Waals surface area contributed by atoms with Crippen molar-refractivity contribution in [1.82, 2.24) is 4.98 Å². The highest BCUT2D eigenvalue weighted by molar-refractivity contribution is 5.21. The largest absolute Gasteiger partial charge is 0.327 e. The normalized spacial score (nSPS) is 28.5. The van der Waals surface area contributed by atoms with Crippen LogP contribution in [0.5, 0.6) is 0 Å². The van der Waals surface area contributed by atoms with Crippen LogP contribution in [0.1, 0.15) is 18.0 Å². The second-order valence-electron chi connectivity index (χ2n) is 2.88. The summed E-state index contributed by atoms with van der Waals surface area (Å²) in [6.07, 6.45) is 2.47. The highest BCUT2D eigenvalue weighted by Gasteiger charge is 2.37. The zero-order chi connectivity index (χ0) is 7.84. The van der Waals surface area contributed by atoms with Gasteiger partial charge >= 0.3 is 0 Å². The van der Waals surface area contributed by atoms with Gasteiger partial charge in [0.2, 0.25) is 0 Å². The minimum Gasteiger partial charge on any atom is -0.327 e. The van der Waals surface area contributed by atoms with Crippen molar-refractivity contribution in [2.75, 3.05) is 0 Å². The van der Waals surface area contributed by atoms with E-state index < -0.39 is 0 Å². The van der Waals surface area contributed by atoms with Crippen molar-refractivity contribution < 1.29 is 4.39 Å². The highest BCUT2D eigenvalue weighted by Crippen LogP contribution is 2.38. The molecule has 2 rings (SSSR count). The summed E-state index contributed by atoms with van der Waals surface area (Å²) < 4.78 is 12.9. The van der Waals surface area contributed by atoms with Gasteiger partial charge in [-0.3, -0.25) is 4.98 Å². The monoisotopic (exact) mass is 152 g/mol. The summed E-state index contributed by atoms with van der Waals surface area (Å²) in [5, 5.41) is 0. The lowest BCUT2D eigenvalue weighted by atomic mass is 10.2. The van der Waals surface area contributed by atoms with Crippen molar-refractivity contribution >= 4 is 0 Å². The summed E-state index contributed by atoms with van der Waals surface area (Å²) in [6.45, 7) is 0. The Morgan fingerprint density at radius 2 is 2.36 bits per heavy atom. The maximum absolute atomic E-state index is 12.9. The van der Waals surface area contributed by atoms with Crippen molar-refractivity contribution in [3.63, 3.8) is 0 Å². The topological polar surface area (TPSA) is 38.9 Å². The lowest BCUT2D eigenvalue weighted by molar-refractivity contribution is 0.598. The highest BCUT2D eigenvalue weighted by atomic mass is 19.1. The molecule has 1 aromatic heterocycles. The third-order valence-electron chi connectivity index (χ3n) is 1.98. The average molecular weight is 152 g/mol. The van der Waals surface area contributed by atoms with E-state index in [4.69, 9.17) is 5.73 Å². The van der Waals surface area contributed by atoms with Crippen molar-refractivity contribution in [2.24, 2.45) is 5.73 Å². The number of aromatic nitrogens is 1. The zero-order valence-electron chi connectivity index (χ0n) is 6.00. The number of halogens is 1. The van der Waals surface area contributed by atoms with E-state index in [0.29, 0.717) is 5.69 Å². The van der Waals surface area contributed by atoms with Crippen LogP contribution in [0.2, 0.25) is 0 Å². The van der Waals surface area contributed by atoms with Gasteiger partial charge in [0.25, 0.3) is 0 Å². The second-order valence-corrected chi connectivity index (χ2v) is 2.88. The fourth-order valence-corrected chi connectivity index (χ4v) is 1.20. The molecule has 2 N–H and O–H groups in total. The molecule has 0 spiro atoms. The van der Waals surface area contributed by atoms with E-state index in [1.807, 2.05) is 0 Å². The van der Waals surface area contributed by atoms with Crippen molar-refractivity contribution in [1.29, 1.82) is 0 Å². The summed E-state index contributed by atoms with van der Waals surface area (Å²) >= 11 is 0. The average Bonchev–Trinajstić information content (AvgIpc) is 2.68. The molecule has 1 aliphatic carbocycles. The molecule has 11 heavy (non-hydrogen) atoms. The fraction of sp³-hybridized carbons (Fsp3) is 0.375. The molecule has 0 bridgehead atoms. The van der Waals surface area contributed by atoms with Crippen molar-refractivity contribution in [2.45, 2.75) is 18.4 Å². The van der Waals surface area contributed by atoms with Gasteiger partial charge in [0, 0.05) is 18.2 Å². The van der Waals surface area contributed by atoms with E-state index in [9.17, 15) is 4.39 Å². The van der Waals surface area contributed by atoms with E-state index in [-0.39, 0.29) is 17.8 Å². The zero-order valence-corrected chi connectivity index (χ0v) is 6.00. The number of pyridine rings is 1. The predicted octanol–water partition coefficient (Wildman–Crippen LogP) is 1.04. The number of nitrogens with two attached hydrogens (primary N) is 1. The van der Waals surface area contributed by atoms with Gasteiger partial charge in [0.1, 0.15) is 5.82 Å². The van der Waals surface area contributed by atoms with Gasteiger partial charge in [-0.1, -0.05) is 0 Å². The second kappa shape index (κ2) is 2.27. The molecule has 58 valence electrons. The number of rotatable bonds is 1. The SMILES string of the molecule is NC1CC1c1ncccc1F. The van der Waals surface area contributed by atoms with Gasteiger partial charge in [0.15, 0.2) is 0 Å². The van der Waals surface area contributed by atoms with Crippen molar-refractivity contribution in [3.8, 4) is 0 Å².